The predicted octanol–water partition coefficient (Wildman–Crippen LogP) is 3.23. The fourth-order valence-electron chi connectivity index (χ4n) is 1.78. The third-order valence-corrected chi connectivity index (χ3v) is 3.53. The quantitative estimate of drug-likeness (QED) is 0.846. The van der Waals surface area contributed by atoms with Crippen LogP contribution in [-0.2, 0) is 6.54 Å². The first kappa shape index (κ1) is 14.6. The van der Waals surface area contributed by atoms with Gasteiger partial charge in [-0.25, -0.2) is 4.39 Å². The molecule has 0 fully saturated rings. The Balaban J connectivity index is 2.49. The van der Waals surface area contributed by atoms with Crippen molar-refractivity contribution in [2.45, 2.75) is 38.8 Å². The van der Waals surface area contributed by atoms with Gasteiger partial charge in [0.25, 0.3) is 0 Å². The summed E-state index contributed by atoms with van der Waals surface area (Å²) in [4.78, 5) is 0. The van der Waals surface area contributed by atoms with Gasteiger partial charge in [0.15, 0.2) is 0 Å². The van der Waals surface area contributed by atoms with Crippen LogP contribution in [0, 0.1) is 5.82 Å². The molecule has 17 heavy (non-hydrogen) atoms. The van der Waals surface area contributed by atoms with Gasteiger partial charge in [-0.1, -0.05) is 25.5 Å². The Bertz CT molecular complexity index is 368. The van der Waals surface area contributed by atoms with E-state index in [9.17, 15) is 9.50 Å². The molecule has 1 aromatic carbocycles. The topological polar surface area (TPSA) is 32.3 Å². The number of halogens is 2. The number of benzene rings is 1. The number of hydrogen-bond acceptors (Lipinski definition) is 2. The molecule has 0 aliphatic heterocycles. The van der Waals surface area contributed by atoms with Gasteiger partial charge >= 0.3 is 0 Å². The first-order valence-corrected chi connectivity index (χ1v) is 6.61. The van der Waals surface area contributed by atoms with Crippen molar-refractivity contribution in [2.75, 3.05) is 6.54 Å². The molecule has 0 aromatic heterocycles. The van der Waals surface area contributed by atoms with E-state index >= 15 is 0 Å². The summed E-state index contributed by atoms with van der Waals surface area (Å²) >= 11 is 3.21. The highest BCUT2D eigenvalue weighted by molar-refractivity contribution is 9.10. The highest BCUT2D eigenvalue weighted by Crippen LogP contribution is 2.20. The minimum atomic E-state index is -0.700. The van der Waals surface area contributed by atoms with Gasteiger partial charge in [-0.2, -0.15) is 0 Å². The molecule has 0 bridgehead atoms. The fraction of sp³-hybridized carbons (Fsp3) is 0.538. The molecule has 1 aromatic rings. The zero-order valence-electron chi connectivity index (χ0n) is 10.3. The molecule has 0 amide bonds. The second kappa shape index (κ2) is 6.47. The Morgan fingerprint density at radius 2 is 2.18 bits per heavy atom. The van der Waals surface area contributed by atoms with Gasteiger partial charge in [0.1, 0.15) is 5.82 Å². The van der Waals surface area contributed by atoms with E-state index in [0.29, 0.717) is 17.6 Å². The van der Waals surface area contributed by atoms with Gasteiger partial charge in [-0.15, -0.1) is 0 Å². The maximum Gasteiger partial charge on any atom is 0.137 e. The Morgan fingerprint density at radius 1 is 1.47 bits per heavy atom. The Labute approximate surface area is 110 Å². The van der Waals surface area contributed by atoms with Crippen LogP contribution >= 0.6 is 15.9 Å². The van der Waals surface area contributed by atoms with Crippen LogP contribution in [0.4, 0.5) is 4.39 Å². The monoisotopic (exact) mass is 303 g/mol. The van der Waals surface area contributed by atoms with Crippen molar-refractivity contribution in [3.63, 3.8) is 0 Å². The minimum Gasteiger partial charge on any atom is -0.389 e. The van der Waals surface area contributed by atoms with Crippen LogP contribution in [0.1, 0.15) is 32.3 Å². The number of aliphatic hydroxyl groups is 1. The molecule has 1 atom stereocenters. The molecular formula is C13H19BrFNO. The largest absolute Gasteiger partial charge is 0.389 e. The summed E-state index contributed by atoms with van der Waals surface area (Å²) in [6.45, 7) is 4.89. The van der Waals surface area contributed by atoms with E-state index in [1.807, 2.05) is 19.9 Å². The van der Waals surface area contributed by atoms with Crippen LogP contribution in [-0.4, -0.2) is 17.3 Å². The van der Waals surface area contributed by atoms with E-state index in [2.05, 4.69) is 21.2 Å². The Morgan fingerprint density at radius 3 is 2.82 bits per heavy atom. The van der Waals surface area contributed by atoms with Gasteiger partial charge in [0.05, 0.1) is 10.1 Å². The van der Waals surface area contributed by atoms with Crippen molar-refractivity contribution in [1.29, 1.82) is 0 Å². The zero-order chi connectivity index (χ0) is 12.9. The van der Waals surface area contributed by atoms with E-state index in [0.717, 1.165) is 18.4 Å². The van der Waals surface area contributed by atoms with Crippen molar-refractivity contribution in [3.05, 3.63) is 34.1 Å². The molecule has 96 valence electrons. The second-order valence-corrected chi connectivity index (χ2v) is 5.36. The third-order valence-electron chi connectivity index (χ3n) is 2.64. The van der Waals surface area contributed by atoms with Gasteiger partial charge in [0, 0.05) is 13.1 Å². The predicted molar refractivity (Wildman–Crippen MR) is 71.3 cm³/mol. The van der Waals surface area contributed by atoms with Gasteiger partial charge in [-0.05, 0) is 40.9 Å². The van der Waals surface area contributed by atoms with Crippen LogP contribution in [0.3, 0.4) is 0 Å². The van der Waals surface area contributed by atoms with Crippen molar-refractivity contribution in [2.24, 2.45) is 0 Å². The highest BCUT2D eigenvalue weighted by atomic mass is 79.9. The summed E-state index contributed by atoms with van der Waals surface area (Å²) in [6, 6.07) is 4.96. The normalized spacial score (nSPS) is 14.6. The molecule has 2 N–H and O–H groups in total. The summed E-state index contributed by atoms with van der Waals surface area (Å²) < 4.78 is 13.7. The molecule has 4 heteroatoms. The number of hydrogen-bond donors (Lipinski definition) is 2. The molecule has 0 aliphatic rings. The average molecular weight is 304 g/mol. The number of rotatable bonds is 6. The van der Waals surface area contributed by atoms with Crippen LogP contribution in [0.25, 0.3) is 0 Å². The molecule has 1 unspecified atom stereocenters. The maximum absolute atomic E-state index is 13.2. The molecule has 0 radical (unpaired) electrons. The lowest BCUT2D eigenvalue weighted by Crippen LogP contribution is -2.37. The molecule has 0 aliphatic carbocycles. The lowest BCUT2D eigenvalue weighted by molar-refractivity contribution is 0.0498. The van der Waals surface area contributed by atoms with Crippen LogP contribution in [0.5, 0.6) is 0 Å². The van der Waals surface area contributed by atoms with E-state index in [4.69, 9.17) is 0 Å². The molecule has 1 rings (SSSR count). The maximum atomic E-state index is 13.2. The zero-order valence-corrected chi connectivity index (χ0v) is 11.8. The molecule has 0 saturated heterocycles. The Kier molecular flexibility index (Phi) is 5.56. The van der Waals surface area contributed by atoms with E-state index in [1.165, 1.54) is 6.07 Å². The highest BCUT2D eigenvalue weighted by Gasteiger charge is 2.18. The third kappa shape index (κ3) is 4.74. The van der Waals surface area contributed by atoms with E-state index < -0.39 is 5.60 Å². The van der Waals surface area contributed by atoms with Crippen LogP contribution in [0.2, 0.25) is 0 Å². The minimum absolute atomic E-state index is 0.260. The number of nitrogens with one attached hydrogen (secondary N) is 1. The van der Waals surface area contributed by atoms with E-state index in [-0.39, 0.29) is 5.82 Å². The fourth-order valence-corrected chi connectivity index (χ4v) is 2.18. The first-order valence-electron chi connectivity index (χ1n) is 5.82. The summed E-state index contributed by atoms with van der Waals surface area (Å²) in [6.07, 6.45) is 1.70. The average Bonchev–Trinajstić information content (AvgIpc) is 2.24. The lowest BCUT2D eigenvalue weighted by atomic mass is 10.0. The second-order valence-electron chi connectivity index (χ2n) is 4.56. The molecule has 0 saturated carbocycles. The lowest BCUT2D eigenvalue weighted by Gasteiger charge is -2.23. The first-order chi connectivity index (χ1) is 7.96. The summed E-state index contributed by atoms with van der Waals surface area (Å²) in [7, 11) is 0. The summed E-state index contributed by atoms with van der Waals surface area (Å²) in [5.74, 6) is -0.260. The van der Waals surface area contributed by atoms with Gasteiger partial charge < -0.3 is 10.4 Å². The van der Waals surface area contributed by atoms with Crippen molar-refractivity contribution in [3.8, 4) is 0 Å². The summed E-state index contributed by atoms with van der Waals surface area (Å²) in [5.41, 5.74) is 0.159. The SMILES string of the molecule is CCCC(C)(O)CNCc1cccc(F)c1Br. The van der Waals surface area contributed by atoms with Gasteiger partial charge in [0.2, 0.25) is 0 Å². The van der Waals surface area contributed by atoms with Crippen LogP contribution in [0.15, 0.2) is 22.7 Å². The van der Waals surface area contributed by atoms with E-state index in [1.54, 1.807) is 6.07 Å². The molecule has 0 heterocycles. The standard InChI is InChI=1S/C13H19BrFNO/c1-3-7-13(2,17)9-16-8-10-5-4-6-11(15)12(10)14/h4-6,16-17H,3,7-9H2,1-2H3. The molecule has 2 nitrogen and oxygen atoms in total. The van der Waals surface area contributed by atoms with Crippen molar-refractivity contribution in [1.82, 2.24) is 5.32 Å². The molecule has 0 spiro atoms. The Hall–Kier alpha value is -0.450. The molecular weight excluding hydrogens is 285 g/mol. The smallest absolute Gasteiger partial charge is 0.137 e. The van der Waals surface area contributed by atoms with Crippen molar-refractivity contribution >= 4 is 15.9 Å². The van der Waals surface area contributed by atoms with Gasteiger partial charge in [-0.3, -0.25) is 0 Å². The van der Waals surface area contributed by atoms with Crippen molar-refractivity contribution < 1.29 is 9.50 Å². The van der Waals surface area contributed by atoms with Crippen LogP contribution < -0.4 is 5.32 Å². The summed E-state index contributed by atoms with van der Waals surface area (Å²) in [5, 5.41) is 13.1.